The minimum atomic E-state index is -1.80. The number of rotatable bonds is 8. The van der Waals surface area contributed by atoms with E-state index in [1.165, 1.54) is 0 Å². The number of hydrogen-bond donors (Lipinski definition) is 3. The van der Waals surface area contributed by atoms with Gasteiger partial charge in [-0.15, -0.1) is 0 Å². The fourth-order valence-electron chi connectivity index (χ4n) is 6.76. The minimum absolute atomic E-state index is 0.0128. The Morgan fingerprint density at radius 3 is 2.47 bits per heavy atom. The average molecular weight is 601 g/mol. The third kappa shape index (κ3) is 5.02. The van der Waals surface area contributed by atoms with E-state index in [0.29, 0.717) is 29.4 Å². The highest BCUT2D eigenvalue weighted by atomic mass is 35.5. The Bertz CT molecular complexity index is 1540. The molecule has 3 aliphatic rings. The first-order valence-corrected chi connectivity index (χ1v) is 15.2. The molecule has 8 nitrogen and oxygen atoms in total. The van der Waals surface area contributed by atoms with E-state index in [-0.39, 0.29) is 19.1 Å². The Labute approximate surface area is 257 Å². The van der Waals surface area contributed by atoms with E-state index in [9.17, 15) is 19.8 Å². The number of nitrogens with one attached hydrogen (secondary N) is 1. The Balaban J connectivity index is 1.31. The van der Waals surface area contributed by atoms with Crippen molar-refractivity contribution in [2.24, 2.45) is 5.92 Å². The molecule has 3 aliphatic heterocycles. The maximum absolute atomic E-state index is 14.2. The predicted molar refractivity (Wildman–Crippen MR) is 169 cm³/mol. The second-order valence-electron chi connectivity index (χ2n) is 11.6. The monoisotopic (exact) mass is 600 g/mol. The summed E-state index contributed by atoms with van der Waals surface area (Å²) in [6.45, 7) is 3.99. The molecule has 3 aromatic carbocycles. The number of carbonyl (C=O) groups is 2. The molecule has 43 heavy (non-hydrogen) atoms. The molecule has 0 aromatic heterocycles. The number of aliphatic hydroxyl groups is 2. The molecular formula is C34H37ClN4O4. The largest absolute Gasteiger partial charge is 0.396 e. The van der Waals surface area contributed by atoms with Crippen LogP contribution in [0.1, 0.15) is 37.3 Å². The fourth-order valence-corrected chi connectivity index (χ4v) is 6.94. The van der Waals surface area contributed by atoms with Gasteiger partial charge in [0, 0.05) is 34.5 Å². The molecular weight excluding hydrogens is 564 g/mol. The molecule has 6 rings (SSSR count). The van der Waals surface area contributed by atoms with Gasteiger partial charge in [-0.05, 0) is 80.4 Å². The van der Waals surface area contributed by atoms with Crippen molar-refractivity contribution >= 4 is 40.5 Å². The molecule has 1 spiro atoms. The van der Waals surface area contributed by atoms with Crippen molar-refractivity contribution in [2.45, 2.75) is 43.9 Å². The van der Waals surface area contributed by atoms with Crippen molar-refractivity contribution in [3.05, 3.63) is 101 Å². The van der Waals surface area contributed by atoms with Crippen LogP contribution in [0.5, 0.6) is 0 Å². The second-order valence-corrected chi connectivity index (χ2v) is 12.1. The Hall–Kier alpha value is -3.69. The molecule has 2 fully saturated rings. The first-order valence-electron chi connectivity index (χ1n) is 14.9. The van der Waals surface area contributed by atoms with E-state index in [2.05, 4.69) is 22.3 Å². The first kappa shape index (κ1) is 29.4. The first-order chi connectivity index (χ1) is 20.8. The number of hydrogen-bond acceptors (Lipinski definition) is 6. The molecule has 3 N–H and O–H groups in total. The third-order valence-electron chi connectivity index (χ3n) is 9.11. The number of benzene rings is 3. The number of amides is 2. The van der Waals surface area contributed by atoms with Gasteiger partial charge in [0.2, 0.25) is 0 Å². The summed E-state index contributed by atoms with van der Waals surface area (Å²) in [5, 5.41) is 24.9. The van der Waals surface area contributed by atoms with Gasteiger partial charge in [-0.25, -0.2) is 0 Å². The molecule has 2 saturated heterocycles. The van der Waals surface area contributed by atoms with Crippen molar-refractivity contribution in [1.29, 1.82) is 0 Å². The summed E-state index contributed by atoms with van der Waals surface area (Å²) in [6, 6.07) is 23.0. The lowest BCUT2D eigenvalue weighted by molar-refractivity contribution is -0.139. The van der Waals surface area contributed by atoms with Gasteiger partial charge in [-0.3, -0.25) is 14.5 Å². The van der Waals surface area contributed by atoms with Crippen LogP contribution in [0.3, 0.4) is 0 Å². The molecule has 0 radical (unpaired) electrons. The maximum atomic E-state index is 14.2. The second kappa shape index (κ2) is 11.8. The molecule has 3 aromatic rings. The van der Waals surface area contributed by atoms with Crippen LogP contribution in [0.4, 0.5) is 17.1 Å². The van der Waals surface area contributed by atoms with Gasteiger partial charge in [-0.1, -0.05) is 61.0 Å². The minimum Gasteiger partial charge on any atom is -0.396 e. The van der Waals surface area contributed by atoms with Gasteiger partial charge >= 0.3 is 0 Å². The van der Waals surface area contributed by atoms with E-state index in [4.69, 9.17) is 11.6 Å². The van der Waals surface area contributed by atoms with Gasteiger partial charge < -0.3 is 25.3 Å². The molecule has 3 heterocycles. The Morgan fingerprint density at radius 2 is 1.72 bits per heavy atom. The number of nitrogens with zero attached hydrogens (tertiary/aromatic N) is 3. The summed E-state index contributed by atoms with van der Waals surface area (Å²) in [6.07, 6.45) is 5.41. The van der Waals surface area contributed by atoms with Gasteiger partial charge in [-0.2, -0.15) is 0 Å². The lowest BCUT2D eigenvalue weighted by Crippen LogP contribution is -2.55. The van der Waals surface area contributed by atoms with Crippen LogP contribution in [0.25, 0.3) is 0 Å². The van der Waals surface area contributed by atoms with E-state index < -0.39 is 23.0 Å². The quantitative estimate of drug-likeness (QED) is 0.328. The van der Waals surface area contributed by atoms with Crippen LogP contribution in [-0.4, -0.2) is 53.9 Å². The van der Waals surface area contributed by atoms with E-state index in [1.807, 2.05) is 47.4 Å². The van der Waals surface area contributed by atoms with Crippen LogP contribution in [0.2, 0.25) is 5.02 Å². The number of carbonyl (C=O) groups excluding carboxylic acids is 2. The summed E-state index contributed by atoms with van der Waals surface area (Å²) in [5.74, 6) is -0.893. The van der Waals surface area contributed by atoms with Gasteiger partial charge in [0.25, 0.3) is 11.8 Å². The van der Waals surface area contributed by atoms with Crippen molar-refractivity contribution in [1.82, 2.24) is 5.32 Å². The van der Waals surface area contributed by atoms with Gasteiger partial charge in [0.15, 0.2) is 5.60 Å². The lowest BCUT2D eigenvalue weighted by atomic mass is 9.83. The highest BCUT2D eigenvalue weighted by molar-refractivity contribution is 6.31. The topological polar surface area (TPSA) is 96.3 Å². The maximum Gasteiger partial charge on any atom is 0.264 e. The van der Waals surface area contributed by atoms with Crippen LogP contribution in [0.15, 0.2) is 84.9 Å². The zero-order valence-corrected chi connectivity index (χ0v) is 25.0. The summed E-state index contributed by atoms with van der Waals surface area (Å²) < 4.78 is 0. The molecule has 0 unspecified atom stereocenters. The summed E-state index contributed by atoms with van der Waals surface area (Å²) in [5.41, 5.74) is 1.29. The number of piperidine rings is 1. The zero-order valence-electron chi connectivity index (χ0n) is 24.2. The lowest BCUT2D eigenvalue weighted by Gasteiger charge is -2.39. The average Bonchev–Trinajstić information content (AvgIpc) is 3.41. The van der Waals surface area contributed by atoms with Crippen LogP contribution in [-0.2, 0) is 21.7 Å². The van der Waals surface area contributed by atoms with Gasteiger partial charge in [0.05, 0.1) is 18.9 Å². The highest BCUT2D eigenvalue weighted by Gasteiger charge is 2.54. The van der Waals surface area contributed by atoms with E-state index in [1.54, 1.807) is 42.2 Å². The smallest absolute Gasteiger partial charge is 0.264 e. The molecule has 2 atom stereocenters. The number of anilines is 3. The molecule has 0 aliphatic carbocycles. The van der Waals surface area contributed by atoms with E-state index in [0.717, 1.165) is 42.9 Å². The Morgan fingerprint density at radius 1 is 0.977 bits per heavy atom. The van der Waals surface area contributed by atoms with Crippen molar-refractivity contribution in [3.8, 4) is 0 Å². The molecule has 0 bridgehead atoms. The van der Waals surface area contributed by atoms with E-state index >= 15 is 0 Å². The molecule has 224 valence electrons. The summed E-state index contributed by atoms with van der Waals surface area (Å²) >= 11 is 6.33. The van der Waals surface area contributed by atoms with Crippen molar-refractivity contribution in [2.75, 3.05) is 41.1 Å². The molecule has 9 heteroatoms. The summed E-state index contributed by atoms with van der Waals surface area (Å²) in [4.78, 5) is 33.8. The Kier molecular flexibility index (Phi) is 8.04. The fraction of sp³-hybridized carbons (Fsp3) is 0.353. The molecule has 0 saturated carbocycles. The third-order valence-corrected chi connectivity index (χ3v) is 9.35. The molecule has 2 amide bonds. The predicted octanol–water partition coefficient (Wildman–Crippen LogP) is 4.58. The van der Waals surface area contributed by atoms with Gasteiger partial charge in [0.1, 0.15) is 5.54 Å². The number of aliphatic hydroxyl groups excluding tert-OH is 1. The normalized spacial score (nSPS) is 22.2. The van der Waals surface area contributed by atoms with Crippen LogP contribution in [0, 0.1) is 5.92 Å². The summed E-state index contributed by atoms with van der Waals surface area (Å²) in [7, 11) is 0. The number of para-hydroxylation sites is 1. The van der Waals surface area contributed by atoms with Crippen LogP contribution >= 0.6 is 11.6 Å². The van der Waals surface area contributed by atoms with Crippen molar-refractivity contribution < 1.29 is 19.8 Å². The van der Waals surface area contributed by atoms with Crippen LogP contribution < -0.4 is 20.0 Å². The highest BCUT2D eigenvalue weighted by Crippen LogP contribution is 2.47. The van der Waals surface area contributed by atoms with Crippen molar-refractivity contribution in [3.63, 3.8) is 0 Å². The number of fused-ring (bicyclic) bond motifs is 1. The zero-order chi connectivity index (χ0) is 30.2. The number of halogens is 1. The standard InChI is InChI=1S/C34H37ClN4O4/c1-24(8-5-6-19-40)34(43)29-21-26(35)13-14-30(29)37(32(34)42)22-25-9-7-12-28(20-25)38-23-39(27-10-3-2-4-11-27)33(31(38)41)15-17-36-18-16-33/h2-5,7-14,20-21,24,36,40,43H,6,15-19,22-23H2,1H3/b8-5+/t24-,34+/m0/s1. The SMILES string of the molecule is C[C@@H](/C=C/CCO)[C@]1(O)C(=O)N(Cc2cccc(N3CN(c4ccccc4)C4(CCNCC4)C3=O)c2)c2ccc(Cl)cc21.